The van der Waals surface area contributed by atoms with Crippen molar-refractivity contribution in [3.05, 3.63) is 23.8 Å². The SMILES string of the molecule is CCCCOc1ccc(CNCC2CN(C3CC3)CCO2)cc1OC. The Morgan fingerprint density at radius 3 is 2.92 bits per heavy atom. The smallest absolute Gasteiger partial charge is 0.161 e. The van der Waals surface area contributed by atoms with E-state index in [4.69, 9.17) is 14.2 Å². The Morgan fingerprint density at radius 1 is 1.28 bits per heavy atom. The lowest BCUT2D eigenvalue weighted by Crippen LogP contribution is -2.47. The summed E-state index contributed by atoms with van der Waals surface area (Å²) in [4.78, 5) is 2.58. The first-order chi connectivity index (χ1) is 12.3. The zero-order valence-corrected chi connectivity index (χ0v) is 15.6. The number of hydrogen-bond donors (Lipinski definition) is 1. The van der Waals surface area contributed by atoms with E-state index in [1.807, 2.05) is 6.07 Å². The quantitative estimate of drug-likeness (QED) is 0.659. The van der Waals surface area contributed by atoms with Crippen molar-refractivity contribution in [3.63, 3.8) is 0 Å². The van der Waals surface area contributed by atoms with Crippen molar-refractivity contribution in [2.75, 3.05) is 40.0 Å². The Kier molecular flexibility index (Phi) is 6.96. The summed E-state index contributed by atoms with van der Waals surface area (Å²) in [6.45, 7) is 7.62. The molecule has 25 heavy (non-hydrogen) atoms. The summed E-state index contributed by atoms with van der Waals surface area (Å²) in [6.07, 6.45) is 5.23. The molecule has 1 saturated heterocycles. The van der Waals surface area contributed by atoms with Crippen molar-refractivity contribution in [2.45, 2.75) is 51.3 Å². The molecule has 3 rings (SSSR count). The van der Waals surface area contributed by atoms with Gasteiger partial charge >= 0.3 is 0 Å². The summed E-state index contributed by atoms with van der Waals surface area (Å²) in [5, 5.41) is 3.53. The third-order valence-corrected chi connectivity index (χ3v) is 4.92. The van der Waals surface area contributed by atoms with Crippen LogP contribution >= 0.6 is 0 Å². The number of methoxy groups -OCH3 is 1. The van der Waals surface area contributed by atoms with Gasteiger partial charge in [0.05, 0.1) is 26.4 Å². The molecule has 1 aromatic rings. The number of ether oxygens (including phenoxy) is 3. The van der Waals surface area contributed by atoms with Gasteiger partial charge in [0.25, 0.3) is 0 Å². The number of benzene rings is 1. The fourth-order valence-electron chi connectivity index (χ4n) is 3.28. The van der Waals surface area contributed by atoms with Gasteiger partial charge in [-0.2, -0.15) is 0 Å². The van der Waals surface area contributed by atoms with Gasteiger partial charge in [0.15, 0.2) is 11.5 Å². The second kappa shape index (κ2) is 9.41. The van der Waals surface area contributed by atoms with Crippen molar-refractivity contribution in [3.8, 4) is 11.5 Å². The highest BCUT2D eigenvalue weighted by Crippen LogP contribution is 2.29. The maximum absolute atomic E-state index is 5.89. The molecule has 1 heterocycles. The van der Waals surface area contributed by atoms with Gasteiger partial charge in [-0.3, -0.25) is 4.90 Å². The highest BCUT2D eigenvalue weighted by molar-refractivity contribution is 5.42. The molecule has 1 aromatic carbocycles. The molecule has 140 valence electrons. The number of unbranched alkanes of at least 4 members (excludes halogenated alkanes) is 1. The zero-order valence-electron chi connectivity index (χ0n) is 15.6. The van der Waals surface area contributed by atoms with E-state index in [-0.39, 0.29) is 0 Å². The molecule has 2 aliphatic rings. The Balaban J connectivity index is 1.44. The van der Waals surface area contributed by atoms with Gasteiger partial charge in [-0.25, -0.2) is 0 Å². The molecule has 1 aliphatic heterocycles. The van der Waals surface area contributed by atoms with Crippen molar-refractivity contribution in [1.29, 1.82) is 0 Å². The molecule has 0 radical (unpaired) electrons. The van der Waals surface area contributed by atoms with Gasteiger partial charge in [0, 0.05) is 32.2 Å². The first kappa shape index (κ1) is 18.5. The molecule has 5 nitrogen and oxygen atoms in total. The van der Waals surface area contributed by atoms with Gasteiger partial charge in [-0.05, 0) is 37.0 Å². The largest absolute Gasteiger partial charge is 0.493 e. The van der Waals surface area contributed by atoms with E-state index in [1.165, 1.54) is 18.4 Å². The molecular weight excluding hydrogens is 316 g/mol. The van der Waals surface area contributed by atoms with Gasteiger partial charge in [-0.15, -0.1) is 0 Å². The lowest BCUT2D eigenvalue weighted by Gasteiger charge is -2.33. The minimum atomic E-state index is 0.299. The van der Waals surface area contributed by atoms with E-state index in [2.05, 4.69) is 29.3 Å². The molecule has 1 saturated carbocycles. The fourth-order valence-corrected chi connectivity index (χ4v) is 3.28. The predicted octanol–water partition coefficient (Wildman–Crippen LogP) is 2.83. The summed E-state index contributed by atoms with van der Waals surface area (Å²) >= 11 is 0. The van der Waals surface area contributed by atoms with E-state index in [0.29, 0.717) is 6.10 Å². The lowest BCUT2D eigenvalue weighted by atomic mass is 10.2. The molecule has 1 atom stereocenters. The second-order valence-electron chi connectivity index (χ2n) is 7.04. The number of hydrogen-bond acceptors (Lipinski definition) is 5. The average Bonchev–Trinajstić information content (AvgIpc) is 3.48. The molecule has 1 unspecified atom stereocenters. The van der Waals surface area contributed by atoms with Crippen LogP contribution in [0.1, 0.15) is 38.2 Å². The topological polar surface area (TPSA) is 43.0 Å². The van der Waals surface area contributed by atoms with Gasteiger partial charge in [-0.1, -0.05) is 19.4 Å². The highest BCUT2D eigenvalue weighted by Gasteiger charge is 2.32. The third kappa shape index (κ3) is 5.59. The average molecular weight is 348 g/mol. The van der Waals surface area contributed by atoms with Crippen LogP contribution in [0, 0.1) is 0 Å². The molecule has 5 heteroatoms. The first-order valence-corrected chi connectivity index (χ1v) is 9.66. The summed E-state index contributed by atoms with van der Waals surface area (Å²) in [7, 11) is 1.70. The molecule has 1 N–H and O–H groups in total. The summed E-state index contributed by atoms with van der Waals surface area (Å²) in [5.74, 6) is 1.64. The molecule has 0 spiro atoms. The van der Waals surface area contributed by atoms with Crippen molar-refractivity contribution in [1.82, 2.24) is 10.2 Å². The molecule has 0 amide bonds. The minimum Gasteiger partial charge on any atom is -0.493 e. The second-order valence-corrected chi connectivity index (χ2v) is 7.04. The standard InChI is InChI=1S/C20H32N2O3/c1-3-4-10-25-19-8-5-16(12-20(19)23-2)13-21-14-18-15-22(9-11-24-18)17-6-7-17/h5,8,12,17-18,21H,3-4,6-7,9-11,13-15H2,1-2H3. The van der Waals surface area contributed by atoms with Crippen LogP contribution in [-0.4, -0.2) is 57.0 Å². The Morgan fingerprint density at radius 2 is 2.16 bits per heavy atom. The van der Waals surface area contributed by atoms with Crippen molar-refractivity contribution in [2.24, 2.45) is 0 Å². The summed E-state index contributed by atoms with van der Waals surface area (Å²) < 4.78 is 17.2. The lowest BCUT2D eigenvalue weighted by molar-refractivity contribution is -0.0301. The van der Waals surface area contributed by atoms with E-state index in [0.717, 1.165) is 69.8 Å². The van der Waals surface area contributed by atoms with E-state index in [9.17, 15) is 0 Å². The van der Waals surface area contributed by atoms with Crippen LogP contribution in [0.25, 0.3) is 0 Å². The molecule has 1 aliphatic carbocycles. The van der Waals surface area contributed by atoms with Crippen molar-refractivity contribution >= 4 is 0 Å². The Hall–Kier alpha value is -1.30. The molecule has 0 aromatic heterocycles. The van der Waals surface area contributed by atoms with Crippen LogP contribution in [0.3, 0.4) is 0 Å². The van der Waals surface area contributed by atoms with E-state index in [1.54, 1.807) is 7.11 Å². The number of morpholine rings is 1. The Labute approximate surface area is 151 Å². The van der Waals surface area contributed by atoms with Gasteiger partial charge in [0.2, 0.25) is 0 Å². The summed E-state index contributed by atoms with van der Waals surface area (Å²) in [6, 6.07) is 7.01. The van der Waals surface area contributed by atoms with Crippen LogP contribution in [0.2, 0.25) is 0 Å². The van der Waals surface area contributed by atoms with E-state index >= 15 is 0 Å². The molecular formula is C20H32N2O3. The maximum atomic E-state index is 5.89. The Bertz CT molecular complexity index is 534. The normalized spacial score (nSPS) is 21.3. The van der Waals surface area contributed by atoms with Gasteiger partial charge < -0.3 is 19.5 Å². The fraction of sp³-hybridized carbons (Fsp3) is 0.700. The molecule has 2 fully saturated rings. The van der Waals surface area contributed by atoms with Crippen LogP contribution in [0.15, 0.2) is 18.2 Å². The highest BCUT2D eigenvalue weighted by atomic mass is 16.5. The van der Waals surface area contributed by atoms with Crippen LogP contribution in [0.5, 0.6) is 11.5 Å². The number of nitrogens with zero attached hydrogens (tertiary/aromatic N) is 1. The maximum Gasteiger partial charge on any atom is 0.161 e. The van der Waals surface area contributed by atoms with Crippen LogP contribution in [-0.2, 0) is 11.3 Å². The monoisotopic (exact) mass is 348 g/mol. The van der Waals surface area contributed by atoms with Crippen molar-refractivity contribution < 1.29 is 14.2 Å². The number of nitrogens with one attached hydrogen (secondary N) is 1. The summed E-state index contributed by atoms with van der Waals surface area (Å²) in [5.41, 5.74) is 1.20. The van der Waals surface area contributed by atoms with Crippen LogP contribution < -0.4 is 14.8 Å². The number of rotatable bonds is 10. The predicted molar refractivity (Wildman–Crippen MR) is 99.4 cm³/mol. The zero-order chi connectivity index (χ0) is 17.5. The third-order valence-electron chi connectivity index (χ3n) is 4.92. The van der Waals surface area contributed by atoms with E-state index < -0.39 is 0 Å². The minimum absolute atomic E-state index is 0.299. The first-order valence-electron chi connectivity index (χ1n) is 9.66. The van der Waals surface area contributed by atoms with Crippen LogP contribution in [0.4, 0.5) is 0 Å². The molecule has 0 bridgehead atoms. The van der Waals surface area contributed by atoms with Gasteiger partial charge in [0.1, 0.15) is 0 Å².